The number of hydrogen-bond acceptors (Lipinski definition) is 5. The van der Waals surface area contributed by atoms with E-state index in [1.807, 2.05) is 0 Å². The Bertz CT molecular complexity index is 838. The van der Waals surface area contributed by atoms with Crippen LogP contribution < -0.4 is 10.7 Å². The summed E-state index contributed by atoms with van der Waals surface area (Å²) in [5.74, 6) is -1.97. The second kappa shape index (κ2) is 5.86. The maximum atomic E-state index is 10.1. The van der Waals surface area contributed by atoms with Gasteiger partial charge >= 0.3 is 5.91 Å². The van der Waals surface area contributed by atoms with Crippen LogP contribution in [0.2, 0.25) is 10.0 Å². The zero-order valence-corrected chi connectivity index (χ0v) is 15.3. The van der Waals surface area contributed by atoms with Gasteiger partial charge in [0.25, 0.3) is 5.84 Å². The summed E-state index contributed by atoms with van der Waals surface area (Å²) in [4.78, 5) is 2.92. The summed E-state index contributed by atoms with van der Waals surface area (Å²) in [6.07, 6.45) is 0. The van der Waals surface area contributed by atoms with Crippen molar-refractivity contribution < 1.29 is 14.5 Å². The van der Waals surface area contributed by atoms with Crippen LogP contribution in [0.15, 0.2) is 18.2 Å². The van der Waals surface area contributed by atoms with E-state index in [1.54, 1.807) is 32.0 Å². The Labute approximate surface area is 155 Å². The lowest BCUT2D eigenvalue weighted by molar-refractivity contribution is -0.693. The van der Waals surface area contributed by atoms with Crippen LogP contribution in [0.1, 0.15) is 25.3 Å². The van der Waals surface area contributed by atoms with Gasteiger partial charge < -0.3 is 9.47 Å². The number of hydrogen-bond donors (Lipinski definition) is 2. The van der Waals surface area contributed by atoms with Crippen LogP contribution >= 0.6 is 23.2 Å². The predicted octanol–water partition coefficient (Wildman–Crippen LogP) is 1.29. The lowest BCUT2D eigenvalue weighted by atomic mass is 9.93. The Hall–Kier alpha value is -1.83. The third-order valence-corrected chi connectivity index (χ3v) is 5.53. The summed E-state index contributed by atoms with van der Waals surface area (Å²) in [5.41, 5.74) is 4.13. The van der Waals surface area contributed by atoms with Gasteiger partial charge in [0, 0.05) is 16.0 Å². The van der Waals surface area contributed by atoms with Gasteiger partial charge in [0.1, 0.15) is 0 Å². The smallest absolute Gasteiger partial charge is 0.314 e. The molecule has 130 valence electrons. The van der Waals surface area contributed by atoms with Gasteiger partial charge in [-0.05, 0) is 31.5 Å². The second-order valence-corrected chi connectivity index (χ2v) is 6.80. The van der Waals surface area contributed by atoms with Crippen LogP contribution in [0.3, 0.4) is 0 Å². The van der Waals surface area contributed by atoms with Crippen LogP contribution in [0.5, 0.6) is 0 Å². The molecule has 0 amide bonds. The molecule has 3 N–H and O–H groups in total. The van der Waals surface area contributed by atoms with Crippen molar-refractivity contribution in [1.82, 2.24) is 0 Å². The molecule has 1 fully saturated rings. The highest BCUT2D eigenvalue weighted by molar-refractivity contribution is 6.35. The van der Waals surface area contributed by atoms with E-state index in [0.717, 1.165) is 0 Å². The zero-order chi connectivity index (χ0) is 18.5. The number of rotatable bonds is 5. The summed E-state index contributed by atoms with van der Waals surface area (Å²) >= 11 is 12.3. The van der Waals surface area contributed by atoms with Gasteiger partial charge in [-0.1, -0.05) is 29.3 Å². The molecule has 2 aliphatic rings. The van der Waals surface area contributed by atoms with Crippen molar-refractivity contribution in [2.24, 2.45) is 16.6 Å². The van der Waals surface area contributed by atoms with Crippen molar-refractivity contribution >= 4 is 29.0 Å². The molecule has 0 unspecified atom stereocenters. The number of benzene rings is 1. The quantitative estimate of drug-likeness (QED) is 0.749. The summed E-state index contributed by atoms with van der Waals surface area (Å²) in [6.45, 7) is 4.10. The molecule has 1 heterocycles. The molecule has 0 aromatic heterocycles. The van der Waals surface area contributed by atoms with E-state index in [0.29, 0.717) is 15.6 Å². The van der Waals surface area contributed by atoms with Gasteiger partial charge in [-0.15, -0.1) is 0 Å². The first kappa shape index (κ1) is 18.0. The Morgan fingerprint density at radius 3 is 2.32 bits per heavy atom. The highest BCUT2D eigenvalue weighted by atomic mass is 35.5. The van der Waals surface area contributed by atoms with E-state index in [2.05, 4.69) is 17.1 Å². The van der Waals surface area contributed by atoms with Crippen LogP contribution in [0.4, 0.5) is 0 Å². The van der Waals surface area contributed by atoms with E-state index >= 15 is 0 Å². The van der Waals surface area contributed by atoms with Gasteiger partial charge in [0.2, 0.25) is 0 Å². The van der Waals surface area contributed by atoms with Crippen molar-refractivity contribution in [3.05, 3.63) is 33.8 Å². The first-order valence-electron chi connectivity index (χ1n) is 7.87. The molecule has 1 aromatic carbocycles. The molecule has 6 nitrogen and oxygen atoms in total. The minimum atomic E-state index is -1.52. The van der Waals surface area contributed by atoms with Crippen LogP contribution in [-0.2, 0) is 9.47 Å². The third kappa shape index (κ3) is 1.94. The van der Waals surface area contributed by atoms with Gasteiger partial charge in [-0.2, -0.15) is 10.5 Å². The maximum absolute atomic E-state index is 10.1. The Kier molecular flexibility index (Phi) is 4.21. The lowest BCUT2D eigenvalue weighted by Gasteiger charge is -2.29. The molecule has 1 saturated carbocycles. The first-order valence-corrected chi connectivity index (χ1v) is 8.62. The fourth-order valence-electron chi connectivity index (χ4n) is 4.06. The summed E-state index contributed by atoms with van der Waals surface area (Å²) < 4.78 is 11.6. The summed E-state index contributed by atoms with van der Waals surface area (Å²) in [6, 6.07) is 9.43. The molecule has 3 atom stereocenters. The molecule has 1 aliphatic heterocycles. The summed E-state index contributed by atoms with van der Waals surface area (Å²) in [5, 5.41) is 20.9. The van der Waals surface area contributed by atoms with E-state index in [9.17, 15) is 10.5 Å². The molecular formula is C17H17Cl2N4O2+. The number of ether oxygens (including phenoxy) is 2. The molecule has 0 spiro atoms. The second-order valence-electron chi connectivity index (χ2n) is 5.96. The van der Waals surface area contributed by atoms with Crippen molar-refractivity contribution in [3.8, 4) is 12.1 Å². The maximum Gasteiger partial charge on any atom is 0.343 e. The molecule has 0 saturated heterocycles. The number of nitrogens with two attached hydrogens (primary N) is 1. The number of nitriles is 2. The van der Waals surface area contributed by atoms with Crippen LogP contribution in [0.25, 0.3) is 0 Å². The molecule has 1 aliphatic carbocycles. The van der Waals surface area contributed by atoms with Crippen LogP contribution in [0, 0.1) is 33.5 Å². The minimum Gasteiger partial charge on any atom is -0.314 e. The van der Waals surface area contributed by atoms with E-state index in [4.69, 9.17) is 38.4 Å². The highest BCUT2D eigenvalue weighted by Crippen LogP contribution is 2.79. The standard InChI is InChI=1S/C17H16Cl2N4O2/c1-3-24-17(25-4-2)16(9-21)13(15(16,8-20)14(22)23-17)11-6-5-10(18)7-12(11)19/h5-7,13H,3-4H2,1-2H3,(H2,22,23)/p+1/t13-,15-,16-/m1/s1. The fraction of sp³-hybridized carbons (Fsp3) is 0.471. The van der Waals surface area contributed by atoms with Gasteiger partial charge in [0.15, 0.2) is 10.8 Å². The highest BCUT2D eigenvalue weighted by Gasteiger charge is 2.97. The van der Waals surface area contributed by atoms with Crippen molar-refractivity contribution in [2.75, 3.05) is 13.2 Å². The number of amidine groups is 1. The number of fused-ring (bicyclic) bond motifs is 1. The van der Waals surface area contributed by atoms with E-state index < -0.39 is 22.7 Å². The number of halogens is 2. The third-order valence-electron chi connectivity index (χ3n) is 4.97. The number of nitrogens with one attached hydrogen (secondary N) is 1. The Morgan fingerprint density at radius 2 is 1.84 bits per heavy atom. The largest absolute Gasteiger partial charge is 0.343 e. The monoisotopic (exact) mass is 379 g/mol. The molecule has 8 heteroatoms. The normalized spacial score (nSPS) is 31.6. The van der Waals surface area contributed by atoms with Crippen LogP contribution in [-0.4, -0.2) is 25.0 Å². The lowest BCUT2D eigenvalue weighted by Crippen LogP contribution is -2.91. The molecule has 1 aromatic rings. The van der Waals surface area contributed by atoms with E-state index in [1.165, 1.54) is 0 Å². The Morgan fingerprint density at radius 1 is 1.20 bits per heavy atom. The number of nitrogens with zero attached hydrogens (tertiary/aromatic N) is 2. The van der Waals surface area contributed by atoms with Gasteiger partial charge in [0.05, 0.1) is 25.4 Å². The predicted molar refractivity (Wildman–Crippen MR) is 91.4 cm³/mol. The molecule has 0 radical (unpaired) electrons. The molecular weight excluding hydrogens is 363 g/mol. The van der Waals surface area contributed by atoms with Crippen molar-refractivity contribution in [3.63, 3.8) is 0 Å². The molecule has 3 rings (SSSR count). The molecule has 25 heavy (non-hydrogen) atoms. The van der Waals surface area contributed by atoms with Crippen molar-refractivity contribution in [1.29, 1.82) is 10.5 Å². The average molecular weight is 380 g/mol. The minimum absolute atomic E-state index is 0.148. The first-order chi connectivity index (χ1) is 11.9. The molecule has 0 bridgehead atoms. The average Bonchev–Trinajstić information content (AvgIpc) is 3.13. The van der Waals surface area contributed by atoms with Gasteiger partial charge in [-0.3, -0.25) is 5.73 Å². The summed E-state index contributed by atoms with van der Waals surface area (Å²) in [7, 11) is 0. The van der Waals surface area contributed by atoms with E-state index in [-0.39, 0.29) is 19.0 Å². The van der Waals surface area contributed by atoms with Gasteiger partial charge in [-0.25, -0.2) is 4.99 Å². The topological polar surface area (TPSA) is 106 Å². The Balaban J connectivity index is 2.25. The zero-order valence-electron chi connectivity index (χ0n) is 13.8. The SMILES string of the molecule is CCOC1(OCC)[NH+]=C(N)[C@@]2(C#N)[C@@H](c3ccc(Cl)cc3Cl)[C@@]12C#N. The fourth-order valence-corrected chi connectivity index (χ4v) is 4.57. The van der Waals surface area contributed by atoms with Crippen molar-refractivity contribution in [2.45, 2.75) is 25.7 Å².